The molecular weight excluding hydrogens is 232 g/mol. The molecule has 18 heavy (non-hydrogen) atoms. The van der Waals surface area contributed by atoms with Gasteiger partial charge < -0.3 is 4.74 Å². The van der Waals surface area contributed by atoms with E-state index in [9.17, 15) is 9.59 Å². The largest absolute Gasteiger partial charge is 0.444 e. The second-order valence-electron chi connectivity index (χ2n) is 5.91. The molecule has 1 unspecified atom stereocenters. The van der Waals surface area contributed by atoms with E-state index in [1.807, 2.05) is 19.9 Å². The first-order chi connectivity index (χ1) is 8.17. The molecular formula is C13H20N2O3. The van der Waals surface area contributed by atoms with Crippen LogP contribution >= 0.6 is 0 Å². The molecule has 1 saturated heterocycles. The van der Waals surface area contributed by atoms with E-state index in [1.54, 1.807) is 20.8 Å². The summed E-state index contributed by atoms with van der Waals surface area (Å²) in [6, 6.07) is 1.40. The molecule has 0 spiro atoms. The zero-order valence-corrected chi connectivity index (χ0v) is 11.6. The maximum Gasteiger partial charge on any atom is 0.410 e. The fourth-order valence-electron chi connectivity index (χ4n) is 2.06. The third-order valence-electron chi connectivity index (χ3n) is 2.77. The van der Waals surface area contributed by atoms with Crippen molar-refractivity contribution in [1.29, 1.82) is 5.26 Å². The van der Waals surface area contributed by atoms with Crippen LogP contribution in [0.3, 0.4) is 0 Å². The fourth-order valence-corrected chi connectivity index (χ4v) is 2.06. The third-order valence-corrected chi connectivity index (χ3v) is 2.77. The molecule has 1 heterocycles. The summed E-state index contributed by atoms with van der Waals surface area (Å²) in [4.78, 5) is 25.4. The van der Waals surface area contributed by atoms with Gasteiger partial charge in [-0.2, -0.15) is 5.26 Å². The van der Waals surface area contributed by atoms with E-state index in [4.69, 9.17) is 10.00 Å². The molecule has 0 bridgehead atoms. The lowest BCUT2D eigenvalue weighted by molar-refractivity contribution is -0.122. The van der Waals surface area contributed by atoms with Crippen molar-refractivity contribution in [3.63, 3.8) is 0 Å². The van der Waals surface area contributed by atoms with Crippen LogP contribution in [-0.4, -0.2) is 35.0 Å². The SMILES string of the molecule is CC(C)[C@H]1C(=O)C(C#N)CN1C(=O)OC(C)(C)C. The van der Waals surface area contributed by atoms with Crippen molar-refractivity contribution in [2.75, 3.05) is 6.54 Å². The van der Waals surface area contributed by atoms with Crippen LogP contribution in [0, 0.1) is 23.2 Å². The predicted octanol–water partition coefficient (Wildman–Crippen LogP) is 1.97. The first-order valence-corrected chi connectivity index (χ1v) is 6.10. The number of carbonyl (C=O) groups excluding carboxylic acids is 2. The maximum absolute atomic E-state index is 12.0. The number of rotatable bonds is 1. The molecule has 100 valence electrons. The number of carbonyl (C=O) groups is 2. The Morgan fingerprint density at radius 2 is 2.06 bits per heavy atom. The third kappa shape index (κ3) is 3.00. The van der Waals surface area contributed by atoms with Crippen LogP contribution in [0.1, 0.15) is 34.6 Å². The Morgan fingerprint density at radius 1 is 1.50 bits per heavy atom. The zero-order chi connectivity index (χ0) is 14.1. The fraction of sp³-hybridized carbons (Fsp3) is 0.769. The Bertz CT molecular complexity index is 390. The highest BCUT2D eigenvalue weighted by atomic mass is 16.6. The Kier molecular flexibility index (Phi) is 4.00. The van der Waals surface area contributed by atoms with Gasteiger partial charge in [0.05, 0.1) is 12.1 Å². The number of ketones is 1. The minimum Gasteiger partial charge on any atom is -0.444 e. The van der Waals surface area contributed by atoms with Crippen LogP contribution < -0.4 is 0 Å². The van der Waals surface area contributed by atoms with Gasteiger partial charge in [0.15, 0.2) is 5.78 Å². The van der Waals surface area contributed by atoms with Gasteiger partial charge in [-0.3, -0.25) is 9.69 Å². The molecule has 0 radical (unpaired) electrons. The Morgan fingerprint density at radius 3 is 2.44 bits per heavy atom. The number of likely N-dealkylation sites (tertiary alicyclic amines) is 1. The number of hydrogen-bond acceptors (Lipinski definition) is 4. The molecule has 0 aromatic heterocycles. The summed E-state index contributed by atoms with van der Waals surface area (Å²) in [5, 5.41) is 8.92. The molecule has 1 amide bonds. The number of amides is 1. The average molecular weight is 252 g/mol. The topological polar surface area (TPSA) is 70.4 Å². The molecule has 1 fully saturated rings. The summed E-state index contributed by atoms with van der Waals surface area (Å²) in [6.07, 6.45) is -0.521. The minimum absolute atomic E-state index is 0.0247. The van der Waals surface area contributed by atoms with Crippen LogP contribution in [0.2, 0.25) is 0 Å². The van der Waals surface area contributed by atoms with E-state index in [1.165, 1.54) is 4.90 Å². The normalized spacial score (nSPS) is 24.3. The molecule has 1 rings (SSSR count). The second kappa shape index (κ2) is 4.97. The zero-order valence-electron chi connectivity index (χ0n) is 11.6. The van der Waals surface area contributed by atoms with Crippen LogP contribution in [-0.2, 0) is 9.53 Å². The van der Waals surface area contributed by atoms with E-state index >= 15 is 0 Å². The van der Waals surface area contributed by atoms with Gasteiger partial charge in [-0.15, -0.1) is 0 Å². The van der Waals surface area contributed by atoms with Crippen molar-refractivity contribution >= 4 is 11.9 Å². The Hall–Kier alpha value is -1.57. The van der Waals surface area contributed by atoms with Gasteiger partial charge in [0.2, 0.25) is 0 Å². The second-order valence-corrected chi connectivity index (χ2v) is 5.91. The number of hydrogen-bond donors (Lipinski definition) is 0. The molecule has 0 aromatic rings. The first-order valence-electron chi connectivity index (χ1n) is 6.10. The van der Waals surface area contributed by atoms with Crippen molar-refractivity contribution in [3.05, 3.63) is 0 Å². The standard InChI is InChI=1S/C13H20N2O3/c1-8(2)10-11(16)9(6-14)7-15(10)12(17)18-13(3,4)5/h8-10H,7H2,1-5H3/t9?,10-/m0/s1. The van der Waals surface area contributed by atoms with E-state index < -0.39 is 23.7 Å². The number of nitriles is 1. The molecule has 0 aliphatic carbocycles. The molecule has 1 aliphatic heterocycles. The minimum atomic E-state index is -0.732. The van der Waals surface area contributed by atoms with Gasteiger partial charge in [0, 0.05) is 6.54 Å². The molecule has 0 saturated carbocycles. The molecule has 5 heteroatoms. The lowest BCUT2D eigenvalue weighted by atomic mass is 9.97. The quantitative estimate of drug-likeness (QED) is 0.715. The summed E-state index contributed by atoms with van der Waals surface area (Å²) >= 11 is 0. The van der Waals surface area contributed by atoms with Gasteiger partial charge >= 0.3 is 6.09 Å². The van der Waals surface area contributed by atoms with Gasteiger partial charge in [-0.05, 0) is 26.7 Å². The highest BCUT2D eigenvalue weighted by molar-refractivity contribution is 5.94. The Balaban J connectivity index is 2.90. The van der Waals surface area contributed by atoms with E-state index in [-0.39, 0.29) is 18.2 Å². The molecule has 0 aromatic carbocycles. The van der Waals surface area contributed by atoms with Crippen molar-refractivity contribution in [1.82, 2.24) is 4.90 Å². The predicted molar refractivity (Wildman–Crippen MR) is 65.7 cm³/mol. The maximum atomic E-state index is 12.0. The summed E-state index contributed by atoms with van der Waals surface area (Å²) in [7, 11) is 0. The summed E-state index contributed by atoms with van der Waals surface area (Å²) in [5.41, 5.74) is -0.605. The monoisotopic (exact) mass is 252 g/mol. The summed E-state index contributed by atoms with van der Waals surface area (Å²) in [6.45, 7) is 9.17. The highest BCUT2D eigenvalue weighted by Gasteiger charge is 2.45. The lowest BCUT2D eigenvalue weighted by Crippen LogP contribution is -2.44. The van der Waals surface area contributed by atoms with Gasteiger partial charge in [-0.1, -0.05) is 13.8 Å². The summed E-state index contributed by atoms with van der Waals surface area (Å²) in [5.74, 6) is -0.938. The van der Waals surface area contributed by atoms with E-state index in [0.29, 0.717) is 0 Å². The molecule has 1 aliphatic rings. The van der Waals surface area contributed by atoms with Crippen LogP contribution in [0.5, 0.6) is 0 Å². The van der Waals surface area contributed by atoms with Crippen molar-refractivity contribution in [2.24, 2.45) is 11.8 Å². The number of Topliss-reactive ketones (excluding diaryl/α,β-unsaturated/α-hetero) is 1. The van der Waals surface area contributed by atoms with Gasteiger partial charge in [-0.25, -0.2) is 4.79 Å². The van der Waals surface area contributed by atoms with Gasteiger partial charge in [0.25, 0.3) is 0 Å². The Labute approximate surface area is 108 Å². The van der Waals surface area contributed by atoms with Crippen molar-refractivity contribution in [2.45, 2.75) is 46.3 Å². The highest BCUT2D eigenvalue weighted by Crippen LogP contribution is 2.26. The van der Waals surface area contributed by atoms with Gasteiger partial charge in [0.1, 0.15) is 11.5 Å². The smallest absolute Gasteiger partial charge is 0.410 e. The molecule has 5 nitrogen and oxygen atoms in total. The van der Waals surface area contributed by atoms with E-state index in [0.717, 1.165) is 0 Å². The summed E-state index contributed by atoms with van der Waals surface area (Å²) < 4.78 is 5.27. The van der Waals surface area contributed by atoms with Crippen molar-refractivity contribution < 1.29 is 14.3 Å². The average Bonchev–Trinajstić information content (AvgIpc) is 2.52. The molecule has 2 atom stereocenters. The first kappa shape index (κ1) is 14.5. The number of nitrogens with zero attached hydrogens (tertiary/aromatic N) is 2. The van der Waals surface area contributed by atoms with Crippen LogP contribution in [0.25, 0.3) is 0 Å². The van der Waals surface area contributed by atoms with Crippen LogP contribution in [0.15, 0.2) is 0 Å². The van der Waals surface area contributed by atoms with E-state index in [2.05, 4.69) is 0 Å². The number of ether oxygens (including phenoxy) is 1. The lowest BCUT2D eigenvalue weighted by Gasteiger charge is -2.29. The molecule has 0 N–H and O–H groups in total. The van der Waals surface area contributed by atoms with Crippen LogP contribution in [0.4, 0.5) is 4.79 Å². The van der Waals surface area contributed by atoms with Crippen molar-refractivity contribution in [3.8, 4) is 6.07 Å².